The maximum atomic E-state index is 14.8. The quantitative estimate of drug-likeness (QED) is 0.436. The average molecular weight is 429 g/mol. The molecule has 1 amide bonds. The summed E-state index contributed by atoms with van der Waals surface area (Å²) >= 11 is 0. The van der Waals surface area contributed by atoms with Crippen molar-refractivity contribution in [1.82, 2.24) is 19.4 Å². The van der Waals surface area contributed by atoms with Gasteiger partial charge in [-0.2, -0.15) is 10.2 Å². The van der Waals surface area contributed by atoms with Crippen LogP contribution in [0.4, 0.5) is 14.5 Å². The highest BCUT2D eigenvalue weighted by Gasteiger charge is 2.16. The number of nitrogens with zero attached hydrogens (tertiary/aromatic N) is 4. The fourth-order valence-corrected chi connectivity index (χ4v) is 3.52. The number of nitrogens with one attached hydrogen (secondary N) is 1. The lowest BCUT2D eigenvalue weighted by atomic mass is 10.0. The van der Waals surface area contributed by atoms with E-state index in [0.29, 0.717) is 39.1 Å². The molecule has 0 saturated heterocycles. The van der Waals surface area contributed by atoms with E-state index in [2.05, 4.69) is 15.5 Å². The zero-order valence-electron chi connectivity index (χ0n) is 17.0. The van der Waals surface area contributed by atoms with Crippen LogP contribution in [0.1, 0.15) is 15.9 Å². The van der Waals surface area contributed by atoms with Crippen molar-refractivity contribution in [2.75, 3.05) is 5.32 Å². The van der Waals surface area contributed by atoms with E-state index in [1.165, 1.54) is 35.3 Å². The average Bonchev–Trinajstić information content (AvgIpc) is 3.44. The minimum absolute atomic E-state index is 0.291. The first-order valence-corrected chi connectivity index (χ1v) is 9.84. The SMILES string of the molecule is Cc1cc(F)c(-c2cnn(-c3ccc(F)cc3)c2)cc1NC(=O)c1cnn2ccccc12. The summed E-state index contributed by atoms with van der Waals surface area (Å²) in [5.41, 5.74) is 3.62. The third kappa shape index (κ3) is 3.51. The molecule has 0 aliphatic heterocycles. The Kier molecular flexibility index (Phi) is 4.74. The van der Waals surface area contributed by atoms with Gasteiger partial charge in [0.15, 0.2) is 0 Å². The summed E-state index contributed by atoms with van der Waals surface area (Å²) in [5.74, 6) is -1.12. The van der Waals surface area contributed by atoms with Crippen molar-refractivity contribution in [1.29, 1.82) is 0 Å². The van der Waals surface area contributed by atoms with Crippen molar-refractivity contribution in [3.63, 3.8) is 0 Å². The Morgan fingerprint density at radius 2 is 1.81 bits per heavy atom. The number of carbonyl (C=O) groups excluding carboxylic acids is 1. The molecule has 6 nitrogen and oxygen atoms in total. The van der Waals surface area contributed by atoms with E-state index in [-0.39, 0.29) is 11.7 Å². The van der Waals surface area contributed by atoms with Crippen LogP contribution < -0.4 is 5.32 Å². The second-order valence-corrected chi connectivity index (χ2v) is 7.34. The van der Waals surface area contributed by atoms with Gasteiger partial charge in [-0.25, -0.2) is 18.0 Å². The van der Waals surface area contributed by atoms with Crippen LogP contribution in [0.2, 0.25) is 0 Å². The summed E-state index contributed by atoms with van der Waals surface area (Å²) in [6, 6.07) is 14.2. The lowest BCUT2D eigenvalue weighted by molar-refractivity contribution is 0.102. The van der Waals surface area contributed by atoms with Crippen LogP contribution >= 0.6 is 0 Å². The molecule has 1 N–H and O–H groups in total. The van der Waals surface area contributed by atoms with Gasteiger partial charge in [0.05, 0.1) is 29.2 Å². The Balaban J connectivity index is 1.47. The van der Waals surface area contributed by atoms with Crippen molar-refractivity contribution in [3.05, 3.63) is 102 Å². The molecule has 3 aromatic heterocycles. The molecule has 0 unspecified atom stereocenters. The molecule has 5 rings (SSSR count). The maximum absolute atomic E-state index is 14.8. The van der Waals surface area contributed by atoms with Crippen molar-refractivity contribution in [2.45, 2.75) is 6.92 Å². The summed E-state index contributed by atoms with van der Waals surface area (Å²) in [7, 11) is 0. The molecule has 5 aromatic rings. The molecule has 0 aliphatic carbocycles. The number of carbonyl (C=O) groups is 1. The van der Waals surface area contributed by atoms with Crippen LogP contribution in [0.5, 0.6) is 0 Å². The maximum Gasteiger partial charge on any atom is 0.259 e. The van der Waals surface area contributed by atoms with Gasteiger partial charge in [0, 0.05) is 29.2 Å². The number of hydrogen-bond donors (Lipinski definition) is 1. The molecular formula is C24H17F2N5O. The Labute approximate surface area is 181 Å². The van der Waals surface area contributed by atoms with Crippen molar-refractivity contribution >= 4 is 17.1 Å². The molecule has 0 radical (unpaired) electrons. The summed E-state index contributed by atoms with van der Waals surface area (Å²) < 4.78 is 31.1. The second kappa shape index (κ2) is 7.73. The monoisotopic (exact) mass is 429 g/mol. The van der Waals surface area contributed by atoms with Crippen LogP contribution in [0.25, 0.3) is 22.3 Å². The summed E-state index contributed by atoms with van der Waals surface area (Å²) in [6.45, 7) is 1.72. The van der Waals surface area contributed by atoms with Gasteiger partial charge in [0.1, 0.15) is 11.6 Å². The number of pyridine rings is 1. The highest BCUT2D eigenvalue weighted by atomic mass is 19.1. The first-order valence-electron chi connectivity index (χ1n) is 9.84. The van der Waals surface area contributed by atoms with E-state index >= 15 is 0 Å². The number of anilines is 1. The highest BCUT2D eigenvalue weighted by molar-refractivity contribution is 6.09. The predicted octanol–water partition coefficient (Wildman–Crippen LogP) is 5.03. The minimum Gasteiger partial charge on any atom is -0.322 e. The first kappa shape index (κ1) is 19.6. The zero-order valence-corrected chi connectivity index (χ0v) is 17.0. The third-order valence-corrected chi connectivity index (χ3v) is 5.22. The number of amides is 1. The molecule has 32 heavy (non-hydrogen) atoms. The fraction of sp³-hybridized carbons (Fsp3) is 0.0417. The van der Waals surface area contributed by atoms with Crippen LogP contribution in [0, 0.1) is 18.6 Å². The van der Waals surface area contributed by atoms with E-state index in [1.807, 2.05) is 12.1 Å². The van der Waals surface area contributed by atoms with Gasteiger partial charge in [-0.3, -0.25) is 4.79 Å². The van der Waals surface area contributed by atoms with Crippen LogP contribution in [-0.2, 0) is 0 Å². The molecule has 0 atom stereocenters. The summed E-state index contributed by atoms with van der Waals surface area (Å²) in [5, 5.41) is 11.3. The van der Waals surface area contributed by atoms with Crippen molar-refractivity contribution in [2.24, 2.45) is 0 Å². The number of rotatable bonds is 4. The summed E-state index contributed by atoms with van der Waals surface area (Å²) in [6.07, 6.45) is 6.43. The highest BCUT2D eigenvalue weighted by Crippen LogP contribution is 2.29. The van der Waals surface area contributed by atoms with Crippen molar-refractivity contribution < 1.29 is 13.6 Å². The van der Waals surface area contributed by atoms with Crippen LogP contribution in [0.3, 0.4) is 0 Å². The number of aryl methyl sites for hydroxylation is 1. The first-order chi connectivity index (χ1) is 15.5. The van der Waals surface area contributed by atoms with E-state index in [9.17, 15) is 13.6 Å². The lowest BCUT2D eigenvalue weighted by Crippen LogP contribution is -2.13. The number of aromatic nitrogens is 4. The standard InChI is InChI=1S/C24H17F2N5O/c1-15-10-21(26)19(16-12-27-31(14-16)18-7-5-17(25)6-8-18)11-22(15)29-24(32)20-13-28-30-9-3-2-4-23(20)30/h2-14H,1H3,(H,29,32). The van der Waals surface area contributed by atoms with E-state index in [1.54, 1.807) is 48.1 Å². The predicted molar refractivity (Wildman–Crippen MR) is 117 cm³/mol. The summed E-state index contributed by atoms with van der Waals surface area (Å²) in [4.78, 5) is 12.9. The lowest BCUT2D eigenvalue weighted by Gasteiger charge is -2.11. The van der Waals surface area contributed by atoms with Gasteiger partial charge in [-0.15, -0.1) is 0 Å². The minimum atomic E-state index is -0.435. The molecule has 0 saturated carbocycles. The van der Waals surface area contributed by atoms with Crippen LogP contribution in [0.15, 0.2) is 79.4 Å². The van der Waals surface area contributed by atoms with Gasteiger partial charge < -0.3 is 5.32 Å². The topological polar surface area (TPSA) is 64.2 Å². The number of fused-ring (bicyclic) bond motifs is 1. The largest absolute Gasteiger partial charge is 0.322 e. The van der Waals surface area contributed by atoms with E-state index < -0.39 is 5.82 Å². The number of hydrogen-bond acceptors (Lipinski definition) is 3. The van der Waals surface area contributed by atoms with Gasteiger partial charge in [0.25, 0.3) is 5.91 Å². The Bertz CT molecular complexity index is 1450. The zero-order chi connectivity index (χ0) is 22.2. The van der Waals surface area contributed by atoms with Crippen LogP contribution in [-0.4, -0.2) is 25.3 Å². The van der Waals surface area contributed by atoms with Gasteiger partial charge in [0.2, 0.25) is 0 Å². The van der Waals surface area contributed by atoms with Gasteiger partial charge >= 0.3 is 0 Å². The van der Waals surface area contributed by atoms with E-state index in [4.69, 9.17) is 0 Å². The van der Waals surface area contributed by atoms with Gasteiger partial charge in [-0.1, -0.05) is 6.07 Å². The number of halogens is 2. The Morgan fingerprint density at radius 3 is 2.62 bits per heavy atom. The smallest absolute Gasteiger partial charge is 0.259 e. The molecular weight excluding hydrogens is 412 g/mol. The molecule has 0 spiro atoms. The molecule has 0 aliphatic rings. The Morgan fingerprint density at radius 1 is 1.00 bits per heavy atom. The molecule has 0 bridgehead atoms. The molecule has 3 heterocycles. The molecule has 2 aromatic carbocycles. The number of benzene rings is 2. The van der Waals surface area contributed by atoms with E-state index in [0.717, 1.165) is 0 Å². The molecule has 0 fully saturated rings. The Hall–Kier alpha value is -4.33. The fourth-order valence-electron chi connectivity index (χ4n) is 3.52. The van der Waals surface area contributed by atoms with Crippen molar-refractivity contribution in [3.8, 4) is 16.8 Å². The molecule has 8 heteroatoms. The molecule has 158 valence electrons. The van der Waals surface area contributed by atoms with Gasteiger partial charge in [-0.05, 0) is 61.0 Å². The third-order valence-electron chi connectivity index (χ3n) is 5.22. The second-order valence-electron chi connectivity index (χ2n) is 7.34. The normalized spacial score (nSPS) is 11.1.